The molecule has 2 unspecified atom stereocenters. The number of likely N-dealkylation sites (tertiary alicyclic amines) is 1. The molecule has 152 valence electrons. The van der Waals surface area contributed by atoms with Gasteiger partial charge in [-0.25, -0.2) is 8.42 Å². The third kappa shape index (κ3) is 5.65. The van der Waals surface area contributed by atoms with E-state index in [-0.39, 0.29) is 47.6 Å². The molecule has 1 aliphatic rings. The maximum Gasteiger partial charge on any atom is 0.243 e. The van der Waals surface area contributed by atoms with Gasteiger partial charge in [-0.15, -0.1) is 12.4 Å². The standard InChI is InChI=1S/C17H26N4O4S.ClH/c1-12-8-14(9-18)10-21(12)17(23)11-20(3)26(24,25)16-6-4-15(5-7-16)19-13(2)22;/h4-7,12,14H,8-11,18H2,1-3H3,(H,19,22);1H. The van der Waals surface area contributed by atoms with Crippen LogP contribution in [0.4, 0.5) is 5.69 Å². The molecule has 1 fully saturated rings. The Kier molecular flexibility index (Phi) is 8.22. The lowest BCUT2D eigenvalue weighted by molar-refractivity contribution is -0.131. The highest BCUT2D eigenvalue weighted by molar-refractivity contribution is 7.89. The number of nitrogens with one attached hydrogen (secondary N) is 1. The molecular weight excluding hydrogens is 392 g/mol. The van der Waals surface area contributed by atoms with Crippen LogP contribution >= 0.6 is 12.4 Å². The summed E-state index contributed by atoms with van der Waals surface area (Å²) in [6.45, 7) is 4.18. The van der Waals surface area contributed by atoms with Gasteiger partial charge in [-0.2, -0.15) is 4.31 Å². The second-order valence-electron chi connectivity index (χ2n) is 6.70. The molecule has 3 N–H and O–H groups in total. The summed E-state index contributed by atoms with van der Waals surface area (Å²) in [5.41, 5.74) is 6.18. The number of hydrogen-bond donors (Lipinski definition) is 2. The first-order chi connectivity index (χ1) is 12.1. The van der Waals surface area contributed by atoms with Gasteiger partial charge in [0, 0.05) is 32.2 Å². The van der Waals surface area contributed by atoms with E-state index in [1.165, 1.54) is 38.2 Å². The summed E-state index contributed by atoms with van der Waals surface area (Å²) in [5.74, 6) is -0.203. The summed E-state index contributed by atoms with van der Waals surface area (Å²) in [5, 5.41) is 2.58. The fourth-order valence-corrected chi connectivity index (χ4v) is 4.24. The lowest BCUT2D eigenvalue weighted by Gasteiger charge is -2.25. The van der Waals surface area contributed by atoms with Crippen molar-refractivity contribution < 1.29 is 18.0 Å². The first-order valence-electron chi connectivity index (χ1n) is 8.48. The van der Waals surface area contributed by atoms with Crippen LogP contribution in [0.2, 0.25) is 0 Å². The van der Waals surface area contributed by atoms with Crippen LogP contribution in [-0.4, -0.2) is 62.2 Å². The van der Waals surface area contributed by atoms with E-state index >= 15 is 0 Å². The molecule has 2 amide bonds. The van der Waals surface area contributed by atoms with Gasteiger partial charge in [-0.05, 0) is 50.1 Å². The lowest BCUT2D eigenvalue weighted by atomic mass is 10.1. The van der Waals surface area contributed by atoms with E-state index in [9.17, 15) is 18.0 Å². The third-order valence-corrected chi connectivity index (χ3v) is 6.37. The molecule has 2 atom stereocenters. The number of amides is 2. The number of benzene rings is 1. The van der Waals surface area contributed by atoms with Crippen LogP contribution in [0.1, 0.15) is 20.3 Å². The van der Waals surface area contributed by atoms with Gasteiger partial charge in [-0.3, -0.25) is 9.59 Å². The third-order valence-electron chi connectivity index (χ3n) is 4.56. The molecule has 0 aliphatic carbocycles. The predicted molar refractivity (Wildman–Crippen MR) is 106 cm³/mol. The SMILES string of the molecule is CC(=O)Nc1ccc(S(=O)(=O)N(C)CC(=O)N2CC(CN)CC2C)cc1.Cl. The first-order valence-corrected chi connectivity index (χ1v) is 9.92. The fourth-order valence-electron chi connectivity index (χ4n) is 3.12. The van der Waals surface area contributed by atoms with E-state index < -0.39 is 10.0 Å². The maximum atomic E-state index is 12.7. The van der Waals surface area contributed by atoms with E-state index in [1.54, 1.807) is 4.90 Å². The highest BCUT2D eigenvalue weighted by Gasteiger charge is 2.33. The number of anilines is 1. The molecule has 27 heavy (non-hydrogen) atoms. The molecule has 0 spiro atoms. The van der Waals surface area contributed by atoms with Crippen molar-refractivity contribution in [2.45, 2.75) is 31.2 Å². The van der Waals surface area contributed by atoms with Crippen molar-refractivity contribution in [3.8, 4) is 0 Å². The second kappa shape index (κ2) is 9.50. The fraction of sp³-hybridized carbons (Fsp3) is 0.529. The maximum absolute atomic E-state index is 12.7. The summed E-state index contributed by atoms with van der Waals surface area (Å²) in [6.07, 6.45) is 0.837. The van der Waals surface area contributed by atoms with Crippen molar-refractivity contribution in [2.24, 2.45) is 11.7 Å². The van der Waals surface area contributed by atoms with Crippen molar-refractivity contribution in [2.75, 3.05) is 32.0 Å². The quantitative estimate of drug-likeness (QED) is 0.712. The number of carbonyl (C=O) groups excluding carboxylic acids is 2. The minimum Gasteiger partial charge on any atom is -0.339 e. The smallest absolute Gasteiger partial charge is 0.243 e. The molecule has 0 radical (unpaired) electrons. The van der Waals surface area contributed by atoms with Gasteiger partial charge in [-0.1, -0.05) is 0 Å². The van der Waals surface area contributed by atoms with Crippen LogP contribution < -0.4 is 11.1 Å². The van der Waals surface area contributed by atoms with Crippen LogP contribution in [0.5, 0.6) is 0 Å². The largest absolute Gasteiger partial charge is 0.339 e. The van der Waals surface area contributed by atoms with Crippen molar-refractivity contribution >= 4 is 39.9 Å². The molecular formula is C17H27ClN4O4S. The Bertz CT molecular complexity index is 770. The Morgan fingerprint density at radius 3 is 2.37 bits per heavy atom. The highest BCUT2D eigenvalue weighted by atomic mass is 35.5. The van der Waals surface area contributed by atoms with Gasteiger partial charge in [0.25, 0.3) is 0 Å². The molecule has 2 rings (SSSR count). The molecule has 10 heteroatoms. The normalized spacial score (nSPS) is 19.7. The Labute approximate surface area is 166 Å². The van der Waals surface area contributed by atoms with Gasteiger partial charge in [0.2, 0.25) is 21.8 Å². The van der Waals surface area contributed by atoms with E-state index in [0.717, 1.165) is 10.7 Å². The zero-order valence-electron chi connectivity index (χ0n) is 15.7. The lowest BCUT2D eigenvalue weighted by Crippen LogP contribution is -2.42. The van der Waals surface area contributed by atoms with Crippen LogP contribution in [-0.2, 0) is 19.6 Å². The van der Waals surface area contributed by atoms with Gasteiger partial charge >= 0.3 is 0 Å². The number of sulfonamides is 1. The first kappa shape index (κ1) is 23.4. The van der Waals surface area contributed by atoms with Crippen molar-refractivity contribution in [1.29, 1.82) is 0 Å². The molecule has 8 nitrogen and oxygen atoms in total. The minimum atomic E-state index is -3.80. The Hall–Kier alpha value is -1.68. The number of likely N-dealkylation sites (N-methyl/N-ethyl adjacent to an activating group) is 1. The average Bonchev–Trinajstić information content (AvgIpc) is 2.95. The van der Waals surface area contributed by atoms with E-state index in [1.807, 2.05) is 6.92 Å². The van der Waals surface area contributed by atoms with E-state index in [0.29, 0.717) is 18.8 Å². The van der Waals surface area contributed by atoms with Gasteiger partial charge in [0.15, 0.2) is 0 Å². The molecule has 0 saturated carbocycles. The van der Waals surface area contributed by atoms with Crippen molar-refractivity contribution in [1.82, 2.24) is 9.21 Å². The topological polar surface area (TPSA) is 113 Å². The Balaban J connectivity index is 0.00000364. The zero-order valence-corrected chi connectivity index (χ0v) is 17.3. The number of nitrogens with two attached hydrogens (primary N) is 1. The molecule has 1 aromatic carbocycles. The summed E-state index contributed by atoms with van der Waals surface area (Å²) < 4.78 is 26.4. The Morgan fingerprint density at radius 2 is 1.89 bits per heavy atom. The van der Waals surface area contributed by atoms with Crippen LogP contribution in [0.15, 0.2) is 29.2 Å². The Morgan fingerprint density at radius 1 is 1.30 bits per heavy atom. The van der Waals surface area contributed by atoms with Crippen LogP contribution in [0.3, 0.4) is 0 Å². The molecule has 1 aromatic rings. The number of halogens is 1. The summed E-state index contributed by atoms with van der Waals surface area (Å²) in [7, 11) is -2.41. The highest BCUT2D eigenvalue weighted by Crippen LogP contribution is 2.23. The number of rotatable bonds is 6. The van der Waals surface area contributed by atoms with Gasteiger partial charge < -0.3 is 16.0 Å². The van der Waals surface area contributed by atoms with Crippen molar-refractivity contribution in [3.05, 3.63) is 24.3 Å². The molecule has 1 aliphatic heterocycles. The molecule has 0 bridgehead atoms. The van der Waals surface area contributed by atoms with E-state index in [4.69, 9.17) is 5.73 Å². The van der Waals surface area contributed by atoms with Crippen LogP contribution in [0.25, 0.3) is 0 Å². The number of hydrogen-bond acceptors (Lipinski definition) is 5. The summed E-state index contributed by atoms with van der Waals surface area (Å²) in [4.78, 5) is 25.3. The van der Waals surface area contributed by atoms with Gasteiger partial charge in [0.1, 0.15) is 0 Å². The monoisotopic (exact) mass is 418 g/mol. The minimum absolute atomic E-state index is 0. The summed E-state index contributed by atoms with van der Waals surface area (Å²) in [6, 6.07) is 5.90. The number of carbonyl (C=O) groups is 2. The number of nitrogens with zero attached hydrogens (tertiary/aromatic N) is 2. The van der Waals surface area contributed by atoms with Gasteiger partial charge in [0.05, 0.1) is 11.4 Å². The average molecular weight is 419 g/mol. The predicted octanol–water partition coefficient (Wildman–Crippen LogP) is 0.883. The summed E-state index contributed by atoms with van der Waals surface area (Å²) >= 11 is 0. The van der Waals surface area contributed by atoms with E-state index in [2.05, 4.69) is 5.32 Å². The zero-order chi connectivity index (χ0) is 19.5. The van der Waals surface area contributed by atoms with Crippen LogP contribution in [0, 0.1) is 5.92 Å². The molecule has 1 heterocycles. The second-order valence-corrected chi connectivity index (χ2v) is 8.74. The molecule has 0 aromatic heterocycles. The van der Waals surface area contributed by atoms with Crippen molar-refractivity contribution in [3.63, 3.8) is 0 Å². The molecule has 1 saturated heterocycles.